The second kappa shape index (κ2) is 3.66. The number of halogens is 2. The molecule has 3 aliphatic rings. The largest absolute Gasteiger partial charge is 0.300 e. The molecule has 0 spiro atoms. The lowest BCUT2D eigenvalue weighted by molar-refractivity contribution is -0.0635. The highest BCUT2D eigenvalue weighted by atomic mass is 19.3. The summed E-state index contributed by atoms with van der Waals surface area (Å²) in [7, 11) is 0. The third-order valence-electron chi connectivity index (χ3n) is 5.60. The Morgan fingerprint density at radius 1 is 1.24 bits per heavy atom. The molecule has 3 rings (SSSR count). The summed E-state index contributed by atoms with van der Waals surface area (Å²) in [5.74, 6) is -1.95. The number of rotatable bonds is 2. The van der Waals surface area contributed by atoms with Crippen molar-refractivity contribution in [2.45, 2.75) is 45.6 Å². The topological polar surface area (TPSA) is 3.24 Å². The van der Waals surface area contributed by atoms with Crippen molar-refractivity contribution in [2.24, 2.45) is 29.6 Å². The summed E-state index contributed by atoms with van der Waals surface area (Å²) in [6.45, 7) is 8.48. The molecule has 98 valence electrons. The molecular weight excluding hydrogens is 220 g/mol. The molecule has 1 aliphatic heterocycles. The highest BCUT2D eigenvalue weighted by molar-refractivity contribution is 5.14. The quantitative estimate of drug-likeness (QED) is 0.719. The van der Waals surface area contributed by atoms with Crippen molar-refractivity contribution < 1.29 is 8.78 Å². The van der Waals surface area contributed by atoms with E-state index in [-0.39, 0.29) is 23.7 Å². The molecule has 1 nitrogen and oxygen atoms in total. The zero-order valence-electron chi connectivity index (χ0n) is 11.0. The maximum absolute atomic E-state index is 14.2. The van der Waals surface area contributed by atoms with Crippen LogP contribution in [0.2, 0.25) is 0 Å². The van der Waals surface area contributed by atoms with Gasteiger partial charge in [0.25, 0.3) is 5.92 Å². The van der Waals surface area contributed by atoms with Crippen molar-refractivity contribution in [2.75, 3.05) is 13.1 Å². The molecule has 0 N–H and O–H groups in total. The smallest absolute Gasteiger partial charge is 0.254 e. The summed E-state index contributed by atoms with van der Waals surface area (Å²) in [4.78, 5) is 2.46. The van der Waals surface area contributed by atoms with Crippen molar-refractivity contribution in [1.29, 1.82) is 0 Å². The van der Waals surface area contributed by atoms with Gasteiger partial charge in [0.2, 0.25) is 0 Å². The molecule has 0 amide bonds. The van der Waals surface area contributed by atoms with Gasteiger partial charge in [-0.1, -0.05) is 20.8 Å². The van der Waals surface area contributed by atoms with Crippen molar-refractivity contribution >= 4 is 0 Å². The van der Waals surface area contributed by atoms with E-state index in [4.69, 9.17) is 0 Å². The van der Waals surface area contributed by atoms with E-state index >= 15 is 0 Å². The Kier molecular flexibility index (Phi) is 2.56. The molecular formula is C14H23F2N. The fourth-order valence-corrected chi connectivity index (χ4v) is 5.12. The van der Waals surface area contributed by atoms with Gasteiger partial charge in [-0.2, -0.15) is 0 Å². The molecule has 3 heteroatoms. The lowest BCUT2D eigenvalue weighted by Crippen LogP contribution is -2.41. The van der Waals surface area contributed by atoms with Gasteiger partial charge in [0.1, 0.15) is 0 Å². The molecule has 0 aromatic heterocycles. The van der Waals surface area contributed by atoms with Crippen LogP contribution in [0.25, 0.3) is 0 Å². The third kappa shape index (κ3) is 1.38. The van der Waals surface area contributed by atoms with Crippen molar-refractivity contribution in [3.8, 4) is 0 Å². The number of likely N-dealkylation sites (tertiary alicyclic amines) is 1. The second-order valence-corrected chi connectivity index (χ2v) is 6.53. The molecule has 5 atom stereocenters. The van der Waals surface area contributed by atoms with Gasteiger partial charge in [-0.3, -0.25) is 4.90 Å². The van der Waals surface area contributed by atoms with E-state index in [1.807, 2.05) is 0 Å². The van der Waals surface area contributed by atoms with Crippen LogP contribution in [0.1, 0.15) is 33.6 Å². The maximum Gasteiger partial charge on any atom is 0.254 e. The van der Waals surface area contributed by atoms with Crippen LogP contribution >= 0.6 is 0 Å². The monoisotopic (exact) mass is 243 g/mol. The van der Waals surface area contributed by atoms with Crippen LogP contribution < -0.4 is 0 Å². The minimum absolute atomic E-state index is 0.267. The predicted octanol–water partition coefficient (Wildman–Crippen LogP) is 3.25. The Morgan fingerprint density at radius 3 is 2.47 bits per heavy atom. The van der Waals surface area contributed by atoms with Gasteiger partial charge >= 0.3 is 0 Å². The van der Waals surface area contributed by atoms with Crippen LogP contribution in [0.3, 0.4) is 0 Å². The first-order chi connectivity index (χ1) is 7.98. The molecule has 3 fully saturated rings. The van der Waals surface area contributed by atoms with E-state index in [9.17, 15) is 8.78 Å². The van der Waals surface area contributed by atoms with E-state index in [0.717, 1.165) is 25.9 Å². The van der Waals surface area contributed by atoms with Crippen LogP contribution in [0, 0.1) is 29.6 Å². The minimum atomic E-state index is -2.36. The minimum Gasteiger partial charge on any atom is -0.300 e. The van der Waals surface area contributed by atoms with Gasteiger partial charge in [0, 0.05) is 24.4 Å². The predicted molar refractivity (Wildman–Crippen MR) is 64.0 cm³/mol. The molecule has 1 heterocycles. The second-order valence-electron chi connectivity index (χ2n) is 6.53. The Morgan fingerprint density at radius 2 is 1.88 bits per heavy atom. The van der Waals surface area contributed by atoms with Crippen molar-refractivity contribution in [3.63, 3.8) is 0 Å². The van der Waals surface area contributed by atoms with Crippen LogP contribution in [-0.2, 0) is 0 Å². The van der Waals surface area contributed by atoms with Gasteiger partial charge in [-0.15, -0.1) is 0 Å². The molecule has 0 aromatic rings. The first-order valence-corrected chi connectivity index (χ1v) is 7.10. The molecule has 1 saturated heterocycles. The lowest BCUT2D eigenvalue weighted by atomic mass is 9.76. The highest BCUT2D eigenvalue weighted by Crippen LogP contribution is 2.65. The summed E-state index contributed by atoms with van der Waals surface area (Å²) >= 11 is 0. The molecule has 2 bridgehead atoms. The molecule has 0 radical (unpaired) electrons. The average Bonchev–Trinajstić information content (AvgIpc) is 2.82. The molecule has 5 unspecified atom stereocenters. The zero-order chi connectivity index (χ0) is 12.4. The fourth-order valence-electron chi connectivity index (χ4n) is 5.12. The third-order valence-corrected chi connectivity index (χ3v) is 5.60. The van der Waals surface area contributed by atoms with E-state index < -0.39 is 5.92 Å². The SMILES string of the molecule is CCN1CC2C(C1C(C)C)C1CCC2C1(F)F. The van der Waals surface area contributed by atoms with E-state index in [1.54, 1.807) is 0 Å². The van der Waals surface area contributed by atoms with E-state index in [0.29, 0.717) is 12.0 Å². The fraction of sp³-hybridized carbons (Fsp3) is 1.00. The van der Waals surface area contributed by atoms with Crippen molar-refractivity contribution in [3.05, 3.63) is 0 Å². The van der Waals surface area contributed by atoms with Crippen LogP contribution in [0.15, 0.2) is 0 Å². The number of hydrogen-bond donors (Lipinski definition) is 0. The molecule has 2 aliphatic carbocycles. The Balaban J connectivity index is 1.93. The van der Waals surface area contributed by atoms with Gasteiger partial charge in [0.15, 0.2) is 0 Å². The average molecular weight is 243 g/mol. The Bertz CT molecular complexity index is 315. The Hall–Kier alpha value is -0.180. The normalized spacial score (nSPS) is 48.0. The van der Waals surface area contributed by atoms with E-state index in [1.165, 1.54) is 0 Å². The van der Waals surface area contributed by atoms with Crippen LogP contribution in [0.4, 0.5) is 8.78 Å². The first kappa shape index (κ1) is 11.9. The summed E-state index contributed by atoms with van der Waals surface area (Å²) in [5.41, 5.74) is 0. The van der Waals surface area contributed by atoms with Crippen LogP contribution in [0.5, 0.6) is 0 Å². The zero-order valence-corrected chi connectivity index (χ0v) is 11.0. The van der Waals surface area contributed by atoms with Gasteiger partial charge in [-0.25, -0.2) is 8.78 Å². The van der Waals surface area contributed by atoms with Gasteiger partial charge in [0.05, 0.1) is 0 Å². The lowest BCUT2D eigenvalue weighted by Gasteiger charge is -2.34. The summed E-state index contributed by atoms with van der Waals surface area (Å²) in [6, 6.07) is 0.395. The molecule has 0 aromatic carbocycles. The molecule has 2 saturated carbocycles. The molecule has 17 heavy (non-hydrogen) atoms. The standard InChI is InChI=1S/C14H23F2N/c1-4-17-7-9-10-5-6-11(14(10,15)16)12(9)13(17)8(2)3/h8-13H,4-7H2,1-3H3. The van der Waals surface area contributed by atoms with Gasteiger partial charge < -0.3 is 0 Å². The Labute approximate surface area is 103 Å². The summed E-state index contributed by atoms with van der Waals surface area (Å²) in [5, 5.41) is 0. The van der Waals surface area contributed by atoms with Crippen LogP contribution in [-0.4, -0.2) is 30.0 Å². The summed E-state index contributed by atoms with van der Waals surface area (Å²) < 4.78 is 28.3. The number of hydrogen-bond acceptors (Lipinski definition) is 1. The first-order valence-electron chi connectivity index (χ1n) is 7.10. The number of nitrogens with zero attached hydrogens (tertiary/aromatic N) is 1. The summed E-state index contributed by atoms with van der Waals surface area (Å²) in [6.07, 6.45) is 1.53. The van der Waals surface area contributed by atoms with Crippen molar-refractivity contribution in [1.82, 2.24) is 4.90 Å². The number of fused-ring (bicyclic) bond motifs is 5. The van der Waals surface area contributed by atoms with E-state index in [2.05, 4.69) is 25.7 Å². The van der Waals surface area contributed by atoms with Gasteiger partial charge in [-0.05, 0) is 37.1 Å². The number of alkyl halides is 2. The maximum atomic E-state index is 14.2. The highest BCUT2D eigenvalue weighted by Gasteiger charge is 2.69.